The van der Waals surface area contributed by atoms with Gasteiger partial charge in [-0.15, -0.1) is 0 Å². The van der Waals surface area contributed by atoms with Crippen molar-refractivity contribution in [2.24, 2.45) is 0 Å². The molecule has 0 heterocycles. The van der Waals surface area contributed by atoms with E-state index < -0.39 is 23.8 Å². The molecule has 0 bridgehead atoms. The molecule has 2 amide bonds. The molecule has 2 rings (SSSR count). The fourth-order valence-electron chi connectivity index (χ4n) is 1.93. The molecule has 4 nitrogen and oxygen atoms in total. The van der Waals surface area contributed by atoms with Crippen LogP contribution in [0, 0.1) is 11.6 Å². The van der Waals surface area contributed by atoms with E-state index in [0.29, 0.717) is 6.42 Å². The SMILES string of the molecule is O=C(NCC(O)Cc1ccccc1)Nc1cc(F)ccc1F. The number of halogens is 2. The monoisotopic (exact) mass is 306 g/mol. The van der Waals surface area contributed by atoms with Crippen molar-refractivity contribution < 1.29 is 18.7 Å². The van der Waals surface area contributed by atoms with Crippen molar-refractivity contribution >= 4 is 11.7 Å². The number of benzene rings is 2. The third-order valence-electron chi connectivity index (χ3n) is 2.99. The molecule has 116 valence electrons. The summed E-state index contributed by atoms with van der Waals surface area (Å²) in [5.74, 6) is -1.39. The lowest BCUT2D eigenvalue weighted by atomic mass is 10.1. The van der Waals surface area contributed by atoms with Crippen LogP contribution in [0.3, 0.4) is 0 Å². The van der Waals surface area contributed by atoms with Crippen molar-refractivity contribution in [2.75, 3.05) is 11.9 Å². The molecule has 1 unspecified atom stereocenters. The zero-order chi connectivity index (χ0) is 15.9. The predicted molar refractivity (Wildman–Crippen MR) is 79.5 cm³/mol. The van der Waals surface area contributed by atoms with Crippen LogP contribution in [0.25, 0.3) is 0 Å². The number of hydrogen-bond acceptors (Lipinski definition) is 2. The lowest BCUT2D eigenvalue weighted by molar-refractivity contribution is 0.172. The highest BCUT2D eigenvalue weighted by Crippen LogP contribution is 2.14. The Labute approximate surface area is 126 Å². The molecule has 0 saturated carbocycles. The molecule has 0 fully saturated rings. The van der Waals surface area contributed by atoms with E-state index in [9.17, 15) is 18.7 Å². The van der Waals surface area contributed by atoms with Gasteiger partial charge in [-0.05, 0) is 17.7 Å². The summed E-state index contributed by atoms with van der Waals surface area (Å²) in [4.78, 5) is 11.6. The van der Waals surface area contributed by atoms with Crippen LogP contribution in [0.1, 0.15) is 5.56 Å². The van der Waals surface area contributed by atoms with Gasteiger partial charge in [-0.3, -0.25) is 0 Å². The zero-order valence-electron chi connectivity index (χ0n) is 11.7. The number of nitrogens with one attached hydrogen (secondary N) is 2. The Morgan fingerprint density at radius 1 is 1.14 bits per heavy atom. The van der Waals surface area contributed by atoms with Gasteiger partial charge in [0.1, 0.15) is 11.6 Å². The molecule has 0 aliphatic heterocycles. The number of rotatable bonds is 5. The first-order valence-corrected chi connectivity index (χ1v) is 6.76. The number of amides is 2. The summed E-state index contributed by atoms with van der Waals surface area (Å²) in [6, 6.07) is 11.4. The summed E-state index contributed by atoms with van der Waals surface area (Å²) in [5, 5.41) is 14.4. The summed E-state index contributed by atoms with van der Waals surface area (Å²) in [5.41, 5.74) is 0.684. The number of aliphatic hydroxyl groups is 1. The van der Waals surface area contributed by atoms with Gasteiger partial charge in [0.05, 0.1) is 11.8 Å². The van der Waals surface area contributed by atoms with E-state index in [0.717, 1.165) is 23.8 Å². The van der Waals surface area contributed by atoms with Crippen molar-refractivity contribution in [1.82, 2.24) is 5.32 Å². The second-order valence-corrected chi connectivity index (χ2v) is 4.80. The Kier molecular flexibility index (Phi) is 5.43. The number of carbonyl (C=O) groups is 1. The number of carbonyl (C=O) groups excluding carboxylic acids is 1. The Bertz CT molecular complexity index is 635. The molecule has 0 radical (unpaired) electrons. The summed E-state index contributed by atoms with van der Waals surface area (Å²) in [6.07, 6.45) is -0.388. The fraction of sp³-hybridized carbons (Fsp3) is 0.188. The van der Waals surface area contributed by atoms with Gasteiger partial charge < -0.3 is 15.7 Å². The van der Waals surface area contributed by atoms with Gasteiger partial charge >= 0.3 is 6.03 Å². The van der Waals surface area contributed by atoms with Crippen LogP contribution in [-0.4, -0.2) is 23.8 Å². The average Bonchev–Trinajstić information content (AvgIpc) is 2.50. The molecular weight excluding hydrogens is 290 g/mol. The van der Waals surface area contributed by atoms with E-state index in [1.54, 1.807) is 0 Å². The van der Waals surface area contributed by atoms with Crippen LogP contribution >= 0.6 is 0 Å². The minimum Gasteiger partial charge on any atom is -0.391 e. The van der Waals surface area contributed by atoms with Gasteiger partial charge in [0, 0.05) is 19.0 Å². The second kappa shape index (κ2) is 7.51. The molecule has 6 heteroatoms. The highest BCUT2D eigenvalue weighted by molar-refractivity contribution is 5.89. The van der Waals surface area contributed by atoms with Crippen molar-refractivity contribution in [1.29, 1.82) is 0 Å². The lowest BCUT2D eigenvalue weighted by Gasteiger charge is -2.13. The average molecular weight is 306 g/mol. The van der Waals surface area contributed by atoms with Gasteiger partial charge in [-0.2, -0.15) is 0 Å². The third-order valence-corrected chi connectivity index (χ3v) is 2.99. The first-order valence-electron chi connectivity index (χ1n) is 6.76. The van der Waals surface area contributed by atoms with Crippen molar-refractivity contribution in [3.63, 3.8) is 0 Å². The van der Waals surface area contributed by atoms with Crippen molar-refractivity contribution in [2.45, 2.75) is 12.5 Å². The Morgan fingerprint density at radius 3 is 2.59 bits per heavy atom. The van der Waals surface area contributed by atoms with Crippen LogP contribution < -0.4 is 10.6 Å². The molecule has 0 aliphatic rings. The van der Waals surface area contributed by atoms with E-state index in [2.05, 4.69) is 10.6 Å². The number of aliphatic hydroxyl groups excluding tert-OH is 1. The summed E-state index contributed by atoms with van der Waals surface area (Å²) in [7, 11) is 0. The van der Waals surface area contributed by atoms with Crippen LogP contribution in [0.4, 0.5) is 19.3 Å². The smallest absolute Gasteiger partial charge is 0.319 e. The molecular formula is C16H16F2N2O2. The summed E-state index contributed by atoms with van der Waals surface area (Å²) >= 11 is 0. The fourth-order valence-corrected chi connectivity index (χ4v) is 1.93. The standard InChI is InChI=1S/C16H16F2N2O2/c17-12-6-7-14(18)15(9-12)20-16(22)19-10-13(21)8-11-4-2-1-3-5-11/h1-7,9,13,21H,8,10H2,(H2,19,20,22). The molecule has 2 aromatic rings. The first kappa shape index (κ1) is 15.9. The number of urea groups is 1. The molecule has 0 aliphatic carbocycles. The maximum Gasteiger partial charge on any atom is 0.319 e. The quantitative estimate of drug-likeness (QED) is 0.795. The molecule has 0 saturated heterocycles. The van der Waals surface area contributed by atoms with Crippen LogP contribution in [0.5, 0.6) is 0 Å². The number of anilines is 1. The van der Waals surface area contributed by atoms with E-state index in [1.165, 1.54) is 0 Å². The highest BCUT2D eigenvalue weighted by atomic mass is 19.1. The van der Waals surface area contributed by atoms with E-state index in [1.807, 2.05) is 30.3 Å². The maximum absolute atomic E-state index is 13.4. The minimum atomic E-state index is -0.773. The van der Waals surface area contributed by atoms with Crippen LogP contribution in [0.2, 0.25) is 0 Å². The molecule has 0 spiro atoms. The third kappa shape index (κ3) is 4.82. The van der Waals surface area contributed by atoms with Crippen molar-refractivity contribution in [3.05, 3.63) is 65.7 Å². The highest BCUT2D eigenvalue weighted by Gasteiger charge is 2.10. The molecule has 3 N–H and O–H groups in total. The molecule has 22 heavy (non-hydrogen) atoms. The summed E-state index contributed by atoms with van der Waals surface area (Å²) in [6.45, 7) is -0.00232. The maximum atomic E-state index is 13.4. The predicted octanol–water partition coefficient (Wildman–Crippen LogP) is 2.69. The van der Waals surface area contributed by atoms with E-state index in [-0.39, 0.29) is 12.2 Å². The van der Waals surface area contributed by atoms with Crippen LogP contribution in [0.15, 0.2) is 48.5 Å². The largest absolute Gasteiger partial charge is 0.391 e. The van der Waals surface area contributed by atoms with Gasteiger partial charge in [0.25, 0.3) is 0 Å². The summed E-state index contributed by atoms with van der Waals surface area (Å²) < 4.78 is 26.3. The van der Waals surface area contributed by atoms with Gasteiger partial charge in [0.2, 0.25) is 0 Å². The van der Waals surface area contributed by atoms with Gasteiger partial charge in [-0.25, -0.2) is 13.6 Å². The molecule has 1 atom stereocenters. The van der Waals surface area contributed by atoms with Gasteiger partial charge in [0.15, 0.2) is 0 Å². The van der Waals surface area contributed by atoms with E-state index >= 15 is 0 Å². The Morgan fingerprint density at radius 2 is 1.86 bits per heavy atom. The zero-order valence-corrected chi connectivity index (χ0v) is 11.7. The topological polar surface area (TPSA) is 61.4 Å². The molecule has 0 aromatic heterocycles. The first-order chi connectivity index (χ1) is 10.5. The lowest BCUT2D eigenvalue weighted by Crippen LogP contribution is -2.36. The van der Waals surface area contributed by atoms with E-state index in [4.69, 9.17) is 0 Å². The normalized spacial score (nSPS) is 11.8. The Balaban J connectivity index is 1.81. The Hall–Kier alpha value is -2.47. The number of hydrogen-bond donors (Lipinski definition) is 3. The second-order valence-electron chi connectivity index (χ2n) is 4.80. The molecule has 2 aromatic carbocycles. The van der Waals surface area contributed by atoms with Gasteiger partial charge in [-0.1, -0.05) is 30.3 Å². The minimum absolute atomic E-state index is 0.00232. The van der Waals surface area contributed by atoms with Crippen molar-refractivity contribution in [3.8, 4) is 0 Å². The van der Waals surface area contributed by atoms with Crippen LogP contribution in [-0.2, 0) is 6.42 Å².